The molecule has 0 saturated carbocycles. The third-order valence-corrected chi connectivity index (χ3v) is 2.50. The predicted octanol–water partition coefficient (Wildman–Crippen LogP) is 2.63. The Morgan fingerprint density at radius 3 is 2.00 bits per heavy atom. The van der Waals surface area contributed by atoms with Crippen LogP contribution in [0.4, 0.5) is 0 Å². The van der Waals surface area contributed by atoms with Crippen LogP contribution in [0.1, 0.15) is 36.7 Å². The van der Waals surface area contributed by atoms with Gasteiger partial charge in [0, 0.05) is 18.8 Å². The summed E-state index contributed by atoms with van der Waals surface area (Å²) in [5.41, 5.74) is 1.07. The first kappa shape index (κ1) is 13.7. The normalized spacial score (nSPS) is 11.5. The summed E-state index contributed by atoms with van der Waals surface area (Å²) in [5, 5.41) is 8.82. The summed E-state index contributed by atoms with van der Waals surface area (Å²) in [6, 6.07) is 6.53. The van der Waals surface area contributed by atoms with Crippen LogP contribution in [0.3, 0.4) is 0 Å². The Hall–Kier alpha value is -1.39. The van der Waals surface area contributed by atoms with E-state index in [-0.39, 0.29) is 5.56 Å². The molecule has 1 aromatic carbocycles. The molecule has 1 N–H and O–H groups in total. The van der Waals surface area contributed by atoms with Crippen LogP contribution < -0.4 is 0 Å². The minimum absolute atomic E-state index is 0.254. The summed E-state index contributed by atoms with van der Waals surface area (Å²) in [4.78, 5) is 10.8. The Labute approximate surface area is 101 Å². The lowest BCUT2D eigenvalue weighted by atomic mass is 10.0. The van der Waals surface area contributed by atoms with Crippen LogP contribution in [0.2, 0.25) is 0 Å². The zero-order chi connectivity index (χ0) is 12.9. The highest BCUT2D eigenvalue weighted by molar-refractivity contribution is 5.87. The van der Waals surface area contributed by atoms with Crippen molar-refractivity contribution in [1.29, 1.82) is 0 Å². The number of hydrogen-bond acceptors (Lipinski definition) is 3. The van der Waals surface area contributed by atoms with Gasteiger partial charge in [0.25, 0.3) is 0 Å². The van der Waals surface area contributed by atoms with Gasteiger partial charge in [0.1, 0.15) is 0 Å². The lowest BCUT2D eigenvalue weighted by Crippen LogP contribution is -2.29. The van der Waals surface area contributed by atoms with Gasteiger partial charge in [0.15, 0.2) is 5.79 Å². The van der Waals surface area contributed by atoms with Crippen molar-refractivity contribution in [1.82, 2.24) is 0 Å². The second-order valence-corrected chi connectivity index (χ2v) is 3.69. The molecule has 0 bridgehead atoms. The van der Waals surface area contributed by atoms with Crippen molar-refractivity contribution in [2.24, 2.45) is 0 Å². The molecule has 0 atom stereocenters. The molecule has 0 saturated heterocycles. The minimum atomic E-state index is -0.939. The molecular formula is C13H18O4. The second kappa shape index (κ2) is 5.80. The van der Waals surface area contributed by atoms with E-state index in [1.807, 2.05) is 20.8 Å². The quantitative estimate of drug-likeness (QED) is 0.774. The maximum Gasteiger partial charge on any atom is 0.335 e. The van der Waals surface area contributed by atoms with Gasteiger partial charge in [-0.2, -0.15) is 0 Å². The molecule has 0 heterocycles. The lowest BCUT2D eigenvalue weighted by molar-refractivity contribution is -0.229. The van der Waals surface area contributed by atoms with E-state index in [2.05, 4.69) is 0 Å². The number of hydrogen-bond donors (Lipinski definition) is 1. The van der Waals surface area contributed by atoms with E-state index < -0.39 is 11.8 Å². The van der Waals surface area contributed by atoms with E-state index in [0.29, 0.717) is 13.2 Å². The Bertz CT molecular complexity index is 364. The molecule has 4 heteroatoms. The van der Waals surface area contributed by atoms with E-state index >= 15 is 0 Å². The van der Waals surface area contributed by atoms with Gasteiger partial charge in [-0.05, 0) is 32.9 Å². The van der Waals surface area contributed by atoms with Crippen LogP contribution in [0, 0.1) is 0 Å². The van der Waals surface area contributed by atoms with Gasteiger partial charge < -0.3 is 14.6 Å². The summed E-state index contributed by atoms with van der Waals surface area (Å²) in [5.74, 6) is -1.76. The predicted molar refractivity (Wildman–Crippen MR) is 64.0 cm³/mol. The molecule has 0 aliphatic heterocycles. The van der Waals surface area contributed by atoms with Gasteiger partial charge in [0.2, 0.25) is 0 Å². The Kier molecular flexibility index (Phi) is 4.66. The van der Waals surface area contributed by atoms with E-state index in [1.165, 1.54) is 0 Å². The molecule has 0 fully saturated rings. The Balaban J connectivity index is 2.98. The van der Waals surface area contributed by atoms with Crippen LogP contribution >= 0.6 is 0 Å². The molecule has 0 spiro atoms. The van der Waals surface area contributed by atoms with E-state index in [0.717, 1.165) is 5.56 Å². The fourth-order valence-corrected chi connectivity index (χ4v) is 1.67. The number of benzene rings is 1. The van der Waals surface area contributed by atoms with Gasteiger partial charge in [-0.15, -0.1) is 0 Å². The maximum atomic E-state index is 10.8. The average Bonchev–Trinajstić information content (AvgIpc) is 2.30. The zero-order valence-electron chi connectivity index (χ0n) is 10.4. The van der Waals surface area contributed by atoms with Crippen molar-refractivity contribution in [3.05, 3.63) is 35.4 Å². The number of rotatable bonds is 6. The number of carboxylic acids is 1. The summed E-state index contributed by atoms with van der Waals surface area (Å²) < 4.78 is 11.2. The van der Waals surface area contributed by atoms with Crippen molar-refractivity contribution in [2.75, 3.05) is 13.2 Å². The second-order valence-electron chi connectivity index (χ2n) is 3.69. The first-order valence-electron chi connectivity index (χ1n) is 5.65. The van der Waals surface area contributed by atoms with Crippen LogP contribution in [0.5, 0.6) is 0 Å². The number of carboxylic acid groups (broad SMARTS) is 1. The van der Waals surface area contributed by atoms with Crippen LogP contribution in [0.25, 0.3) is 0 Å². The van der Waals surface area contributed by atoms with Crippen LogP contribution in [-0.2, 0) is 15.3 Å². The van der Waals surface area contributed by atoms with Gasteiger partial charge in [-0.25, -0.2) is 4.79 Å². The third-order valence-electron chi connectivity index (χ3n) is 2.50. The summed E-state index contributed by atoms with van der Waals surface area (Å²) in [7, 11) is 0. The lowest BCUT2D eigenvalue weighted by Gasteiger charge is -2.29. The highest BCUT2D eigenvalue weighted by Gasteiger charge is 2.27. The van der Waals surface area contributed by atoms with E-state index in [9.17, 15) is 4.79 Å². The van der Waals surface area contributed by atoms with Crippen LogP contribution in [0.15, 0.2) is 24.3 Å². The van der Waals surface area contributed by atoms with Crippen molar-refractivity contribution >= 4 is 5.97 Å². The first-order chi connectivity index (χ1) is 8.03. The molecule has 0 aliphatic carbocycles. The largest absolute Gasteiger partial charge is 0.478 e. The van der Waals surface area contributed by atoms with Gasteiger partial charge >= 0.3 is 5.97 Å². The molecule has 0 amide bonds. The van der Waals surface area contributed by atoms with Crippen molar-refractivity contribution in [2.45, 2.75) is 26.6 Å². The van der Waals surface area contributed by atoms with E-state index in [1.54, 1.807) is 24.3 Å². The smallest absolute Gasteiger partial charge is 0.335 e. The fraction of sp³-hybridized carbons (Fsp3) is 0.462. The monoisotopic (exact) mass is 238 g/mol. The Morgan fingerprint density at radius 2 is 1.65 bits per heavy atom. The summed E-state index contributed by atoms with van der Waals surface area (Å²) in [6.07, 6.45) is 0. The Morgan fingerprint density at radius 1 is 1.18 bits per heavy atom. The highest BCUT2D eigenvalue weighted by Crippen LogP contribution is 2.27. The van der Waals surface area contributed by atoms with Gasteiger partial charge in [-0.3, -0.25) is 0 Å². The van der Waals surface area contributed by atoms with Crippen molar-refractivity contribution in [3.8, 4) is 0 Å². The summed E-state index contributed by atoms with van der Waals surface area (Å²) in [6.45, 7) is 6.66. The molecular weight excluding hydrogens is 220 g/mol. The van der Waals surface area contributed by atoms with Crippen molar-refractivity contribution in [3.63, 3.8) is 0 Å². The highest BCUT2D eigenvalue weighted by atomic mass is 16.7. The minimum Gasteiger partial charge on any atom is -0.478 e. The summed E-state index contributed by atoms with van der Waals surface area (Å²) >= 11 is 0. The molecule has 0 aliphatic rings. The molecule has 94 valence electrons. The molecule has 0 aromatic heterocycles. The molecule has 0 radical (unpaired) electrons. The zero-order valence-corrected chi connectivity index (χ0v) is 10.4. The standard InChI is InChI=1S/C13H18O4/c1-4-16-13(3,17-5-2)11-8-6-10(7-9-11)12(14)15/h6-9H,4-5H2,1-3H3,(H,14,15). The first-order valence-corrected chi connectivity index (χ1v) is 5.65. The molecule has 17 heavy (non-hydrogen) atoms. The fourth-order valence-electron chi connectivity index (χ4n) is 1.67. The molecule has 1 rings (SSSR count). The van der Waals surface area contributed by atoms with Crippen LogP contribution in [-0.4, -0.2) is 24.3 Å². The number of aromatic carboxylic acids is 1. The number of ether oxygens (including phenoxy) is 2. The average molecular weight is 238 g/mol. The SMILES string of the molecule is CCOC(C)(OCC)c1ccc(C(=O)O)cc1. The molecule has 4 nitrogen and oxygen atoms in total. The third kappa shape index (κ3) is 3.28. The van der Waals surface area contributed by atoms with Crippen molar-refractivity contribution < 1.29 is 19.4 Å². The molecule has 1 aromatic rings. The van der Waals surface area contributed by atoms with E-state index in [4.69, 9.17) is 14.6 Å². The van der Waals surface area contributed by atoms with Gasteiger partial charge in [0.05, 0.1) is 5.56 Å². The maximum absolute atomic E-state index is 10.8. The molecule has 0 unspecified atom stereocenters. The van der Waals surface area contributed by atoms with Gasteiger partial charge in [-0.1, -0.05) is 12.1 Å². The topological polar surface area (TPSA) is 55.8 Å². The number of carbonyl (C=O) groups is 1.